The molecule has 1 aromatic rings. The van der Waals surface area contributed by atoms with Crippen LogP contribution in [0.15, 0.2) is 30.3 Å². The van der Waals surface area contributed by atoms with Crippen molar-refractivity contribution >= 4 is 17.5 Å². The Kier molecular flexibility index (Phi) is 20.3. The van der Waals surface area contributed by atoms with Gasteiger partial charge in [-0.2, -0.15) is 0 Å². The Balaban J connectivity index is -0.000000214. The maximum Gasteiger partial charge on any atom is 0.303 e. The SMILES string of the molecule is CC(C)=O.CC(C)=O.CCCC(=O)O.Oc1ccccc1. The highest BCUT2D eigenvalue weighted by atomic mass is 16.4. The Bertz CT molecular complexity index is 365. The van der Waals surface area contributed by atoms with E-state index >= 15 is 0 Å². The third kappa shape index (κ3) is 57.3. The predicted octanol–water partition coefficient (Wildman–Crippen LogP) is 3.45. The van der Waals surface area contributed by atoms with Gasteiger partial charge in [-0.15, -0.1) is 0 Å². The molecular formula is C16H26O5. The van der Waals surface area contributed by atoms with E-state index in [-0.39, 0.29) is 11.6 Å². The fourth-order valence-corrected chi connectivity index (χ4v) is 0.642. The number of aliphatic carboxylic acids is 1. The van der Waals surface area contributed by atoms with Gasteiger partial charge in [-0.05, 0) is 46.2 Å². The molecule has 0 amide bonds. The van der Waals surface area contributed by atoms with Crippen LogP contribution in [0.5, 0.6) is 5.75 Å². The van der Waals surface area contributed by atoms with Crippen LogP contribution in [0.3, 0.4) is 0 Å². The minimum Gasteiger partial charge on any atom is -0.508 e. The molecule has 0 saturated heterocycles. The van der Waals surface area contributed by atoms with Gasteiger partial charge < -0.3 is 19.8 Å². The van der Waals surface area contributed by atoms with Crippen molar-refractivity contribution < 1.29 is 24.6 Å². The van der Waals surface area contributed by atoms with Crippen LogP contribution in [0, 0.1) is 0 Å². The van der Waals surface area contributed by atoms with E-state index < -0.39 is 5.97 Å². The minimum absolute atomic E-state index is 0.167. The molecule has 0 aliphatic heterocycles. The van der Waals surface area contributed by atoms with E-state index in [4.69, 9.17) is 10.2 Å². The summed E-state index contributed by atoms with van der Waals surface area (Å²) in [5.74, 6) is -0.0556. The summed E-state index contributed by atoms with van der Waals surface area (Å²) in [6, 6.07) is 8.71. The number of rotatable bonds is 2. The monoisotopic (exact) mass is 298 g/mol. The van der Waals surface area contributed by atoms with Crippen molar-refractivity contribution in [3.8, 4) is 5.75 Å². The molecule has 120 valence electrons. The van der Waals surface area contributed by atoms with E-state index in [1.54, 1.807) is 24.3 Å². The van der Waals surface area contributed by atoms with Crippen LogP contribution in [-0.2, 0) is 14.4 Å². The maximum absolute atomic E-state index is 9.60. The molecule has 0 bridgehead atoms. The standard InChI is InChI=1S/C6H6O.C4H8O2.2C3H6O/c7-6-4-2-1-3-5-6;1-2-3-4(5)6;2*1-3(2)4/h1-5,7H;2-3H2,1H3,(H,5,6);2*1-2H3. The van der Waals surface area contributed by atoms with Gasteiger partial charge in [0.2, 0.25) is 0 Å². The minimum atomic E-state index is -0.711. The second-order valence-corrected chi connectivity index (χ2v) is 4.30. The zero-order chi connectivity index (χ0) is 17.3. The maximum atomic E-state index is 9.60. The molecule has 0 aliphatic rings. The van der Waals surface area contributed by atoms with E-state index in [2.05, 4.69) is 0 Å². The fourth-order valence-electron chi connectivity index (χ4n) is 0.642. The first kappa shape index (κ1) is 23.9. The second-order valence-electron chi connectivity index (χ2n) is 4.30. The lowest BCUT2D eigenvalue weighted by atomic mass is 10.3. The smallest absolute Gasteiger partial charge is 0.303 e. The zero-order valence-electron chi connectivity index (χ0n) is 13.4. The summed E-state index contributed by atoms with van der Waals surface area (Å²) in [5.41, 5.74) is 0. The molecule has 5 heteroatoms. The first-order valence-electron chi connectivity index (χ1n) is 6.53. The number of carbonyl (C=O) groups excluding carboxylic acids is 2. The fraction of sp³-hybridized carbons (Fsp3) is 0.438. The van der Waals surface area contributed by atoms with E-state index in [9.17, 15) is 14.4 Å². The molecule has 5 nitrogen and oxygen atoms in total. The van der Waals surface area contributed by atoms with E-state index in [1.165, 1.54) is 27.7 Å². The summed E-state index contributed by atoms with van der Waals surface area (Å²) >= 11 is 0. The topological polar surface area (TPSA) is 91.7 Å². The lowest BCUT2D eigenvalue weighted by molar-refractivity contribution is -0.137. The van der Waals surface area contributed by atoms with Crippen LogP contribution in [0.2, 0.25) is 0 Å². The van der Waals surface area contributed by atoms with Gasteiger partial charge in [0.15, 0.2) is 0 Å². The molecule has 21 heavy (non-hydrogen) atoms. The molecule has 0 atom stereocenters. The van der Waals surface area contributed by atoms with E-state index in [1.807, 2.05) is 13.0 Å². The van der Waals surface area contributed by atoms with Gasteiger partial charge in [0.25, 0.3) is 0 Å². The van der Waals surface area contributed by atoms with E-state index in [0.29, 0.717) is 12.2 Å². The summed E-state index contributed by atoms with van der Waals surface area (Å²) in [7, 11) is 0. The van der Waals surface area contributed by atoms with Crippen molar-refractivity contribution in [2.24, 2.45) is 0 Å². The summed E-state index contributed by atoms with van der Waals surface area (Å²) in [6.45, 7) is 7.95. The molecule has 0 spiro atoms. The molecule has 0 aliphatic carbocycles. The highest BCUT2D eigenvalue weighted by Gasteiger charge is 1.87. The van der Waals surface area contributed by atoms with Crippen molar-refractivity contribution in [1.29, 1.82) is 0 Å². The molecule has 0 saturated carbocycles. The predicted molar refractivity (Wildman–Crippen MR) is 83.4 cm³/mol. The molecular weight excluding hydrogens is 272 g/mol. The quantitative estimate of drug-likeness (QED) is 0.872. The van der Waals surface area contributed by atoms with E-state index in [0.717, 1.165) is 6.42 Å². The van der Waals surface area contributed by atoms with Crippen LogP contribution in [0.25, 0.3) is 0 Å². The van der Waals surface area contributed by atoms with Crippen LogP contribution in [-0.4, -0.2) is 27.7 Å². The van der Waals surface area contributed by atoms with Crippen molar-refractivity contribution in [3.05, 3.63) is 30.3 Å². The number of aromatic hydroxyl groups is 1. The summed E-state index contributed by atoms with van der Waals surface area (Å²) in [6.07, 6.45) is 1.02. The number of ketones is 2. The van der Waals surface area contributed by atoms with Crippen LogP contribution in [0.1, 0.15) is 47.5 Å². The highest BCUT2D eigenvalue weighted by Crippen LogP contribution is 2.02. The van der Waals surface area contributed by atoms with Crippen molar-refractivity contribution in [3.63, 3.8) is 0 Å². The number of carbonyl (C=O) groups is 3. The van der Waals surface area contributed by atoms with Crippen LogP contribution >= 0.6 is 0 Å². The van der Waals surface area contributed by atoms with Gasteiger partial charge in [0, 0.05) is 6.42 Å². The number of Topliss-reactive ketones (excluding diaryl/α,β-unsaturated/α-hetero) is 2. The van der Waals surface area contributed by atoms with Gasteiger partial charge in [-0.3, -0.25) is 4.79 Å². The highest BCUT2D eigenvalue weighted by molar-refractivity contribution is 5.72. The number of carboxylic acids is 1. The lowest BCUT2D eigenvalue weighted by Crippen LogP contribution is -1.90. The van der Waals surface area contributed by atoms with Crippen molar-refractivity contribution in [1.82, 2.24) is 0 Å². The van der Waals surface area contributed by atoms with Gasteiger partial charge in [0.05, 0.1) is 0 Å². The van der Waals surface area contributed by atoms with Gasteiger partial charge in [-0.1, -0.05) is 25.1 Å². The molecule has 1 rings (SSSR count). The lowest BCUT2D eigenvalue weighted by Gasteiger charge is -1.82. The van der Waals surface area contributed by atoms with Crippen LogP contribution in [0.4, 0.5) is 0 Å². The number of phenolic OH excluding ortho intramolecular Hbond substituents is 1. The molecule has 0 fully saturated rings. The molecule has 0 unspecified atom stereocenters. The zero-order valence-corrected chi connectivity index (χ0v) is 13.4. The summed E-state index contributed by atoms with van der Waals surface area (Å²) in [5, 5.41) is 16.5. The normalized spacial score (nSPS) is 7.67. The Morgan fingerprint density at radius 1 is 0.905 bits per heavy atom. The Morgan fingerprint density at radius 2 is 1.24 bits per heavy atom. The number of phenols is 1. The second kappa shape index (κ2) is 17.8. The third-order valence-electron chi connectivity index (χ3n) is 1.22. The number of hydrogen-bond acceptors (Lipinski definition) is 4. The number of carboxylic acid groups (broad SMARTS) is 1. The average Bonchev–Trinajstić information content (AvgIpc) is 2.28. The number of benzene rings is 1. The first-order valence-corrected chi connectivity index (χ1v) is 6.53. The molecule has 0 radical (unpaired) electrons. The first-order chi connectivity index (χ1) is 9.63. The number of para-hydroxylation sites is 1. The largest absolute Gasteiger partial charge is 0.508 e. The average molecular weight is 298 g/mol. The summed E-state index contributed by atoms with van der Waals surface area (Å²) in [4.78, 5) is 28.5. The molecule has 0 aromatic heterocycles. The Labute approximate surface area is 126 Å². The summed E-state index contributed by atoms with van der Waals surface area (Å²) < 4.78 is 0. The molecule has 1 aromatic carbocycles. The van der Waals surface area contributed by atoms with Crippen LogP contribution < -0.4 is 0 Å². The van der Waals surface area contributed by atoms with Gasteiger partial charge in [-0.25, -0.2) is 0 Å². The third-order valence-corrected chi connectivity index (χ3v) is 1.22. The number of hydrogen-bond donors (Lipinski definition) is 2. The van der Waals surface area contributed by atoms with Crippen molar-refractivity contribution in [2.45, 2.75) is 47.5 Å². The van der Waals surface area contributed by atoms with Crippen molar-refractivity contribution in [2.75, 3.05) is 0 Å². The Hall–Kier alpha value is -2.17. The van der Waals surface area contributed by atoms with Gasteiger partial charge >= 0.3 is 5.97 Å². The van der Waals surface area contributed by atoms with Gasteiger partial charge in [0.1, 0.15) is 17.3 Å². The Morgan fingerprint density at radius 3 is 1.33 bits per heavy atom. The molecule has 2 N–H and O–H groups in total. The molecule has 0 heterocycles.